The number of thiophene rings is 1. The van der Waals surface area contributed by atoms with Crippen molar-refractivity contribution in [3.8, 4) is 0 Å². The number of carbonyl (C=O) groups excluding carboxylic acids is 1. The molecular formula is C16H13Cl2N3O2S. The van der Waals surface area contributed by atoms with Crippen molar-refractivity contribution in [2.75, 3.05) is 0 Å². The van der Waals surface area contributed by atoms with Gasteiger partial charge in [0.2, 0.25) is 5.91 Å². The molecule has 1 N–H and O–H groups in total. The minimum absolute atomic E-state index is 0.153. The molecule has 2 aromatic heterocycles. The molecule has 2 heterocycles. The maximum absolute atomic E-state index is 12.3. The zero-order valence-electron chi connectivity index (χ0n) is 12.6. The fraction of sp³-hybridized carbons (Fsp3) is 0.188. The first-order valence-corrected chi connectivity index (χ1v) is 8.77. The van der Waals surface area contributed by atoms with E-state index in [9.17, 15) is 9.59 Å². The molecular weight excluding hydrogens is 369 g/mol. The van der Waals surface area contributed by atoms with Gasteiger partial charge in [0.1, 0.15) is 6.54 Å². The van der Waals surface area contributed by atoms with E-state index in [0.29, 0.717) is 15.4 Å². The van der Waals surface area contributed by atoms with Gasteiger partial charge in [0, 0.05) is 10.0 Å². The molecule has 0 aliphatic rings. The number of benzene rings is 1. The third kappa shape index (κ3) is 3.45. The standard InChI is InChI=1S/C16H13Cl2N3O2S/c1-9(11-3-2-10(17)6-13(11)18)20-15(22)8-21-16(23)12-4-5-24-14(12)7-19-21/h2-7,9H,8H2,1H3,(H,20,22)/t9-/m0/s1. The Kier molecular flexibility index (Phi) is 4.89. The number of halogens is 2. The summed E-state index contributed by atoms with van der Waals surface area (Å²) >= 11 is 13.5. The first-order valence-electron chi connectivity index (χ1n) is 7.13. The largest absolute Gasteiger partial charge is 0.348 e. The van der Waals surface area contributed by atoms with Gasteiger partial charge in [-0.15, -0.1) is 11.3 Å². The zero-order valence-corrected chi connectivity index (χ0v) is 15.0. The van der Waals surface area contributed by atoms with E-state index in [4.69, 9.17) is 23.2 Å². The highest BCUT2D eigenvalue weighted by atomic mass is 35.5. The van der Waals surface area contributed by atoms with Crippen LogP contribution in [-0.4, -0.2) is 15.7 Å². The smallest absolute Gasteiger partial charge is 0.275 e. The number of carbonyl (C=O) groups is 1. The van der Waals surface area contributed by atoms with Crippen LogP contribution >= 0.6 is 34.5 Å². The Morgan fingerprint density at radius 2 is 2.17 bits per heavy atom. The quantitative estimate of drug-likeness (QED) is 0.749. The molecule has 0 aliphatic carbocycles. The van der Waals surface area contributed by atoms with E-state index >= 15 is 0 Å². The third-order valence-electron chi connectivity index (χ3n) is 3.57. The molecule has 0 unspecified atom stereocenters. The molecule has 5 nitrogen and oxygen atoms in total. The molecule has 1 aromatic carbocycles. The predicted octanol–water partition coefficient (Wildman–Crippen LogP) is 3.64. The number of fused-ring (bicyclic) bond motifs is 1. The van der Waals surface area contributed by atoms with Crippen LogP contribution in [0.5, 0.6) is 0 Å². The number of aromatic nitrogens is 2. The van der Waals surface area contributed by atoms with Gasteiger partial charge >= 0.3 is 0 Å². The number of nitrogens with one attached hydrogen (secondary N) is 1. The Balaban J connectivity index is 1.74. The Morgan fingerprint density at radius 1 is 1.38 bits per heavy atom. The first-order chi connectivity index (χ1) is 11.5. The molecule has 0 saturated heterocycles. The van der Waals surface area contributed by atoms with Crippen LogP contribution in [0.25, 0.3) is 10.1 Å². The van der Waals surface area contributed by atoms with Crippen molar-refractivity contribution < 1.29 is 4.79 Å². The van der Waals surface area contributed by atoms with E-state index in [-0.39, 0.29) is 24.1 Å². The second-order valence-corrected chi connectivity index (χ2v) is 7.05. The van der Waals surface area contributed by atoms with Gasteiger partial charge in [-0.2, -0.15) is 5.10 Å². The maximum Gasteiger partial charge on any atom is 0.275 e. The lowest BCUT2D eigenvalue weighted by Crippen LogP contribution is -2.34. The zero-order chi connectivity index (χ0) is 17.3. The van der Waals surface area contributed by atoms with Gasteiger partial charge in [-0.1, -0.05) is 29.3 Å². The van der Waals surface area contributed by atoms with Crippen LogP contribution in [0.1, 0.15) is 18.5 Å². The molecule has 0 saturated carbocycles. The van der Waals surface area contributed by atoms with Gasteiger partial charge in [0.05, 0.1) is 22.3 Å². The molecule has 0 radical (unpaired) electrons. The van der Waals surface area contributed by atoms with Crippen molar-refractivity contribution in [2.45, 2.75) is 19.5 Å². The highest BCUT2D eigenvalue weighted by Crippen LogP contribution is 2.26. The molecule has 0 spiro atoms. The van der Waals surface area contributed by atoms with E-state index in [1.165, 1.54) is 11.3 Å². The highest BCUT2D eigenvalue weighted by Gasteiger charge is 2.15. The molecule has 0 bridgehead atoms. The highest BCUT2D eigenvalue weighted by molar-refractivity contribution is 7.17. The summed E-state index contributed by atoms with van der Waals surface area (Å²) in [6, 6.07) is 6.51. The van der Waals surface area contributed by atoms with Crippen LogP contribution in [0.3, 0.4) is 0 Å². The molecule has 1 atom stereocenters. The van der Waals surface area contributed by atoms with Gasteiger partial charge in [0.15, 0.2) is 0 Å². The number of nitrogens with zero attached hydrogens (tertiary/aromatic N) is 2. The van der Waals surface area contributed by atoms with Gasteiger partial charge in [0.25, 0.3) is 5.56 Å². The monoisotopic (exact) mass is 381 g/mol. The number of hydrogen-bond acceptors (Lipinski definition) is 4. The van der Waals surface area contributed by atoms with Crippen molar-refractivity contribution in [3.05, 3.63) is 61.8 Å². The predicted molar refractivity (Wildman–Crippen MR) is 96.9 cm³/mol. The second kappa shape index (κ2) is 6.93. The van der Waals surface area contributed by atoms with E-state index in [0.717, 1.165) is 14.9 Å². The second-order valence-electron chi connectivity index (χ2n) is 5.26. The Labute approximate surface area is 151 Å². The van der Waals surface area contributed by atoms with Crippen LogP contribution in [0.4, 0.5) is 0 Å². The minimum atomic E-state index is -0.322. The van der Waals surface area contributed by atoms with Gasteiger partial charge in [-0.25, -0.2) is 4.68 Å². The normalized spacial score (nSPS) is 12.3. The van der Waals surface area contributed by atoms with Crippen LogP contribution in [-0.2, 0) is 11.3 Å². The third-order valence-corrected chi connectivity index (χ3v) is 4.99. The molecule has 24 heavy (non-hydrogen) atoms. The summed E-state index contributed by atoms with van der Waals surface area (Å²) in [5.41, 5.74) is 0.476. The first kappa shape index (κ1) is 17.0. The van der Waals surface area contributed by atoms with Crippen molar-refractivity contribution in [1.29, 1.82) is 0 Å². The van der Waals surface area contributed by atoms with E-state index in [2.05, 4.69) is 10.4 Å². The number of hydrogen-bond donors (Lipinski definition) is 1. The summed E-state index contributed by atoms with van der Waals surface area (Å²) in [6.07, 6.45) is 1.59. The summed E-state index contributed by atoms with van der Waals surface area (Å²) in [5.74, 6) is -0.322. The molecule has 0 fully saturated rings. The maximum atomic E-state index is 12.3. The topological polar surface area (TPSA) is 64.0 Å². The summed E-state index contributed by atoms with van der Waals surface area (Å²) in [7, 11) is 0. The lowest BCUT2D eigenvalue weighted by atomic mass is 10.1. The van der Waals surface area contributed by atoms with E-state index in [1.54, 1.807) is 30.5 Å². The lowest BCUT2D eigenvalue weighted by Gasteiger charge is -2.16. The number of amides is 1. The summed E-state index contributed by atoms with van der Waals surface area (Å²) < 4.78 is 1.96. The van der Waals surface area contributed by atoms with Crippen LogP contribution < -0.4 is 10.9 Å². The van der Waals surface area contributed by atoms with Crippen LogP contribution in [0, 0.1) is 0 Å². The fourth-order valence-electron chi connectivity index (χ4n) is 2.38. The lowest BCUT2D eigenvalue weighted by molar-refractivity contribution is -0.122. The Morgan fingerprint density at radius 3 is 2.92 bits per heavy atom. The summed E-state index contributed by atoms with van der Waals surface area (Å²) in [4.78, 5) is 24.5. The van der Waals surface area contributed by atoms with Gasteiger partial charge < -0.3 is 5.32 Å². The SMILES string of the molecule is C[C@H](NC(=O)Cn1ncc2sccc2c1=O)c1ccc(Cl)cc1Cl. The van der Waals surface area contributed by atoms with Gasteiger partial charge in [-0.3, -0.25) is 9.59 Å². The average Bonchev–Trinajstić information content (AvgIpc) is 2.99. The van der Waals surface area contributed by atoms with E-state index < -0.39 is 0 Å². The average molecular weight is 382 g/mol. The summed E-state index contributed by atoms with van der Waals surface area (Å²) in [6.45, 7) is 1.66. The van der Waals surface area contributed by atoms with Crippen molar-refractivity contribution in [3.63, 3.8) is 0 Å². The molecule has 124 valence electrons. The molecule has 1 amide bonds. The van der Waals surface area contributed by atoms with Crippen LogP contribution in [0.2, 0.25) is 10.0 Å². The molecule has 3 rings (SSSR count). The molecule has 8 heteroatoms. The van der Waals surface area contributed by atoms with Gasteiger partial charge in [-0.05, 0) is 36.1 Å². The van der Waals surface area contributed by atoms with Crippen molar-refractivity contribution >= 4 is 50.5 Å². The van der Waals surface area contributed by atoms with E-state index in [1.807, 2.05) is 12.3 Å². The number of rotatable bonds is 4. The Bertz CT molecular complexity index is 967. The van der Waals surface area contributed by atoms with Crippen molar-refractivity contribution in [2.24, 2.45) is 0 Å². The minimum Gasteiger partial charge on any atom is -0.348 e. The fourth-order valence-corrected chi connectivity index (χ4v) is 3.69. The molecule has 3 aromatic rings. The van der Waals surface area contributed by atoms with Crippen molar-refractivity contribution in [1.82, 2.24) is 15.1 Å². The molecule has 0 aliphatic heterocycles. The van der Waals surface area contributed by atoms with Crippen LogP contribution in [0.15, 0.2) is 40.6 Å². The Hall–Kier alpha value is -1.89. The summed E-state index contributed by atoms with van der Waals surface area (Å²) in [5, 5.41) is 10.2.